The molecule has 0 fully saturated rings. The van der Waals surface area contributed by atoms with Crippen LogP contribution in [0, 0.1) is 6.42 Å². The van der Waals surface area contributed by atoms with Crippen molar-refractivity contribution >= 4 is 0 Å². The van der Waals surface area contributed by atoms with Gasteiger partial charge in [-0.05, 0) is 19.3 Å². The summed E-state index contributed by atoms with van der Waals surface area (Å²) in [5.41, 5.74) is 0. The fourth-order valence-corrected chi connectivity index (χ4v) is 3.29. The van der Waals surface area contributed by atoms with Gasteiger partial charge in [-0.25, -0.2) is 0 Å². The third kappa shape index (κ3) is 21.7. The fraction of sp³-hybridized carbons (Fsp3) is 0.870. The van der Waals surface area contributed by atoms with Crippen molar-refractivity contribution in [3.8, 4) is 0 Å². The minimum absolute atomic E-state index is 1.21. The molecule has 0 amide bonds. The Kier molecular flexibility index (Phi) is 21.5. The lowest BCUT2D eigenvalue weighted by molar-refractivity contribution is 0.526. The zero-order chi connectivity index (χ0) is 16.8. The molecule has 137 valence electrons. The molecule has 0 aliphatic heterocycles. The van der Waals surface area contributed by atoms with Crippen molar-refractivity contribution in [2.75, 3.05) is 0 Å². The second-order valence-electron chi connectivity index (χ2n) is 7.28. The Balaban J connectivity index is 2.93. The highest BCUT2D eigenvalue weighted by molar-refractivity contribution is 4.65. The largest absolute Gasteiger partial charge is 0.103 e. The fourth-order valence-electron chi connectivity index (χ4n) is 3.29. The van der Waals surface area contributed by atoms with Gasteiger partial charge < -0.3 is 0 Å². The summed E-state index contributed by atoms with van der Waals surface area (Å²) in [4.78, 5) is 0. The van der Waals surface area contributed by atoms with Crippen molar-refractivity contribution in [3.63, 3.8) is 0 Å². The third-order valence-corrected chi connectivity index (χ3v) is 4.90. The molecule has 0 aromatic carbocycles. The van der Waals surface area contributed by atoms with E-state index in [0.29, 0.717) is 0 Å². The third-order valence-electron chi connectivity index (χ3n) is 4.90. The summed E-state index contributed by atoms with van der Waals surface area (Å²) in [7, 11) is 0. The maximum absolute atomic E-state index is 3.78. The lowest BCUT2D eigenvalue weighted by Crippen LogP contribution is -1.84. The quantitative estimate of drug-likeness (QED) is 0.155. The lowest BCUT2D eigenvalue weighted by Gasteiger charge is -2.03. The molecule has 0 spiro atoms. The normalized spacial score (nSPS) is 11.0. The van der Waals surface area contributed by atoms with Crippen LogP contribution in [0.5, 0.6) is 0 Å². The molecule has 23 heavy (non-hydrogen) atoms. The highest BCUT2D eigenvalue weighted by Gasteiger charge is 1.95. The second-order valence-corrected chi connectivity index (χ2v) is 7.28. The smallest absolute Gasteiger partial charge is 0.0353 e. The highest BCUT2D eigenvalue weighted by Crippen LogP contribution is 2.14. The van der Waals surface area contributed by atoms with Crippen LogP contribution in [-0.2, 0) is 0 Å². The molecule has 0 saturated carbocycles. The minimum Gasteiger partial charge on any atom is -0.103 e. The van der Waals surface area contributed by atoms with E-state index in [4.69, 9.17) is 0 Å². The summed E-state index contributed by atoms with van der Waals surface area (Å²) in [6.07, 6.45) is 31.6. The van der Waals surface area contributed by atoms with Gasteiger partial charge in [-0.15, -0.1) is 6.58 Å². The predicted octanol–water partition coefficient (Wildman–Crippen LogP) is 8.81. The van der Waals surface area contributed by atoms with Crippen molar-refractivity contribution < 1.29 is 0 Å². The van der Waals surface area contributed by atoms with Gasteiger partial charge in [0.15, 0.2) is 0 Å². The molecule has 0 aromatic heterocycles. The molecule has 0 atom stereocenters. The van der Waals surface area contributed by atoms with E-state index >= 15 is 0 Å². The predicted molar refractivity (Wildman–Crippen MR) is 108 cm³/mol. The molecule has 0 heterocycles. The van der Waals surface area contributed by atoms with Crippen LogP contribution in [0.1, 0.15) is 129 Å². The molecule has 0 rings (SSSR count). The van der Waals surface area contributed by atoms with E-state index in [2.05, 4.69) is 19.9 Å². The topological polar surface area (TPSA) is 0 Å². The van der Waals surface area contributed by atoms with Gasteiger partial charge in [0.1, 0.15) is 0 Å². The molecule has 0 N–H and O–H groups in total. The Morgan fingerprint density at radius 2 is 0.696 bits per heavy atom. The number of hydrogen-bond donors (Lipinski definition) is 0. The first-order chi connectivity index (χ1) is 11.4. The highest BCUT2D eigenvalue weighted by atomic mass is 14.0. The van der Waals surface area contributed by atoms with Crippen LogP contribution in [0.3, 0.4) is 0 Å². The average Bonchev–Trinajstić information content (AvgIpc) is 2.57. The molecule has 1 radical (unpaired) electrons. The molecule has 0 bridgehead atoms. The van der Waals surface area contributed by atoms with Crippen LogP contribution in [0.15, 0.2) is 12.7 Å². The van der Waals surface area contributed by atoms with Crippen LogP contribution in [0.4, 0.5) is 0 Å². The summed E-state index contributed by atoms with van der Waals surface area (Å²) in [5, 5.41) is 0. The van der Waals surface area contributed by atoms with Crippen molar-refractivity contribution in [2.45, 2.75) is 129 Å². The molecule has 0 heteroatoms. The Bertz CT molecular complexity index is 206. The van der Waals surface area contributed by atoms with Gasteiger partial charge in [-0.2, -0.15) is 0 Å². The van der Waals surface area contributed by atoms with Crippen LogP contribution >= 0.6 is 0 Å². The van der Waals surface area contributed by atoms with E-state index in [1.165, 1.54) is 122 Å². The lowest BCUT2D eigenvalue weighted by atomic mass is 10.0. The van der Waals surface area contributed by atoms with Gasteiger partial charge in [-0.3, -0.25) is 0 Å². The summed E-state index contributed by atoms with van der Waals surface area (Å²) < 4.78 is 0. The summed E-state index contributed by atoms with van der Waals surface area (Å²) in [6.45, 7) is 5.95. The Hall–Kier alpha value is -0.260. The van der Waals surface area contributed by atoms with Gasteiger partial charge in [0, 0.05) is 0 Å². The van der Waals surface area contributed by atoms with Crippen LogP contribution < -0.4 is 0 Å². The van der Waals surface area contributed by atoms with E-state index in [1.807, 2.05) is 6.08 Å². The van der Waals surface area contributed by atoms with Crippen LogP contribution in [0.25, 0.3) is 0 Å². The molecule has 0 saturated heterocycles. The first-order valence-corrected chi connectivity index (χ1v) is 10.8. The van der Waals surface area contributed by atoms with Crippen molar-refractivity contribution in [3.05, 3.63) is 19.1 Å². The van der Waals surface area contributed by atoms with E-state index in [9.17, 15) is 0 Å². The van der Waals surface area contributed by atoms with Gasteiger partial charge in [-0.1, -0.05) is 122 Å². The van der Waals surface area contributed by atoms with Gasteiger partial charge in [0.2, 0.25) is 0 Å². The van der Waals surface area contributed by atoms with E-state index in [-0.39, 0.29) is 0 Å². The summed E-state index contributed by atoms with van der Waals surface area (Å²) in [5.74, 6) is 0. The number of hydrogen-bond acceptors (Lipinski definition) is 0. The second kappa shape index (κ2) is 21.7. The first-order valence-electron chi connectivity index (χ1n) is 10.8. The average molecular weight is 322 g/mol. The van der Waals surface area contributed by atoms with Crippen molar-refractivity contribution in [1.82, 2.24) is 0 Å². The SMILES string of the molecule is C=CCCCCCCCCCCCCCCCCCCC[CH]C. The molecule has 0 nitrogen and oxygen atoms in total. The number of allylic oxidation sites excluding steroid dienone is 1. The van der Waals surface area contributed by atoms with Gasteiger partial charge in [0.25, 0.3) is 0 Å². The summed E-state index contributed by atoms with van der Waals surface area (Å²) in [6, 6.07) is 0. The molecule has 0 unspecified atom stereocenters. The minimum atomic E-state index is 1.21. The molecule has 0 aliphatic carbocycles. The van der Waals surface area contributed by atoms with Crippen LogP contribution in [0.2, 0.25) is 0 Å². The molecular formula is C23H45. The van der Waals surface area contributed by atoms with E-state index in [0.717, 1.165) is 0 Å². The molecule has 0 aliphatic rings. The maximum Gasteiger partial charge on any atom is -0.0353 e. The van der Waals surface area contributed by atoms with Crippen molar-refractivity contribution in [1.29, 1.82) is 0 Å². The molecule has 0 aromatic rings. The monoisotopic (exact) mass is 321 g/mol. The number of rotatable bonds is 20. The standard InChI is InChI=1S/C23H45/c1-3-5-7-9-11-13-15-17-19-21-23-22-20-18-16-14-12-10-8-6-4-2/h3-4H,1,5-23H2,2H3. The van der Waals surface area contributed by atoms with E-state index in [1.54, 1.807) is 0 Å². The van der Waals surface area contributed by atoms with Gasteiger partial charge in [0.05, 0.1) is 0 Å². The number of unbranched alkanes of at least 4 members (excludes halogenated alkanes) is 19. The zero-order valence-corrected chi connectivity index (χ0v) is 16.3. The Morgan fingerprint density at radius 1 is 0.435 bits per heavy atom. The Labute approximate surface area is 148 Å². The Morgan fingerprint density at radius 3 is 0.957 bits per heavy atom. The first kappa shape index (κ1) is 22.7. The van der Waals surface area contributed by atoms with Gasteiger partial charge >= 0.3 is 0 Å². The zero-order valence-electron chi connectivity index (χ0n) is 16.3. The maximum atomic E-state index is 3.78. The molecular weight excluding hydrogens is 276 g/mol. The van der Waals surface area contributed by atoms with E-state index < -0.39 is 0 Å². The van der Waals surface area contributed by atoms with Crippen LogP contribution in [-0.4, -0.2) is 0 Å². The van der Waals surface area contributed by atoms with Crippen molar-refractivity contribution in [2.24, 2.45) is 0 Å². The summed E-state index contributed by atoms with van der Waals surface area (Å²) >= 11 is 0.